The molecule has 0 amide bonds. The molecule has 5 nitrogen and oxygen atoms in total. The van der Waals surface area contributed by atoms with Gasteiger partial charge in [-0.05, 0) is 26.7 Å². The van der Waals surface area contributed by atoms with Crippen LogP contribution in [0.2, 0.25) is 0 Å². The van der Waals surface area contributed by atoms with Gasteiger partial charge in [0.05, 0.1) is 11.4 Å². The van der Waals surface area contributed by atoms with Gasteiger partial charge in [-0.15, -0.1) is 5.10 Å². The molecular formula is C9H15N5. The van der Waals surface area contributed by atoms with E-state index in [4.69, 9.17) is 5.73 Å². The van der Waals surface area contributed by atoms with Gasteiger partial charge in [0.1, 0.15) is 0 Å². The van der Waals surface area contributed by atoms with E-state index in [2.05, 4.69) is 20.5 Å². The second-order valence-corrected chi connectivity index (χ2v) is 3.88. The van der Waals surface area contributed by atoms with Gasteiger partial charge in [0.15, 0.2) is 0 Å². The molecule has 0 unspecified atom stereocenters. The number of rotatable bonds is 2. The summed E-state index contributed by atoms with van der Waals surface area (Å²) in [5.41, 5.74) is 7.48. The zero-order chi connectivity index (χ0) is 10.1. The summed E-state index contributed by atoms with van der Waals surface area (Å²) in [5, 5.41) is 11.2. The molecule has 1 saturated carbocycles. The SMILES string of the molecule is Cc1nnc(NC2CC(N)C2)nc1C. The van der Waals surface area contributed by atoms with Crippen LogP contribution < -0.4 is 11.1 Å². The predicted octanol–water partition coefficient (Wildman–Crippen LogP) is 0.390. The van der Waals surface area contributed by atoms with Gasteiger partial charge in [-0.3, -0.25) is 0 Å². The summed E-state index contributed by atoms with van der Waals surface area (Å²) >= 11 is 0. The normalized spacial score (nSPS) is 25.6. The maximum absolute atomic E-state index is 5.68. The van der Waals surface area contributed by atoms with Gasteiger partial charge in [0, 0.05) is 12.1 Å². The molecular weight excluding hydrogens is 178 g/mol. The summed E-state index contributed by atoms with van der Waals surface area (Å²) in [6.07, 6.45) is 1.99. The Kier molecular flexibility index (Phi) is 2.33. The first-order valence-electron chi connectivity index (χ1n) is 4.85. The minimum Gasteiger partial charge on any atom is -0.350 e. The highest BCUT2D eigenvalue weighted by Crippen LogP contribution is 2.20. The minimum absolute atomic E-state index is 0.340. The fraction of sp³-hybridized carbons (Fsp3) is 0.667. The van der Waals surface area contributed by atoms with Gasteiger partial charge in [0.25, 0.3) is 0 Å². The second-order valence-electron chi connectivity index (χ2n) is 3.88. The topological polar surface area (TPSA) is 76.7 Å². The molecule has 14 heavy (non-hydrogen) atoms. The van der Waals surface area contributed by atoms with Crippen molar-refractivity contribution in [1.29, 1.82) is 0 Å². The monoisotopic (exact) mass is 193 g/mol. The summed E-state index contributed by atoms with van der Waals surface area (Å²) in [6, 6.07) is 0.765. The second kappa shape index (κ2) is 3.49. The molecule has 0 saturated heterocycles. The molecule has 1 aromatic heterocycles. The lowest BCUT2D eigenvalue weighted by Crippen LogP contribution is -2.44. The highest BCUT2D eigenvalue weighted by atomic mass is 15.2. The molecule has 0 aliphatic heterocycles. The maximum Gasteiger partial charge on any atom is 0.243 e. The van der Waals surface area contributed by atoms with Crippen LogP contribution >= 0.6 is 0 Å². The zero-order valence-electron chi connectivity index (χ0n) is 8.49. The Balaban J connectivity index is 2.00. The van der Waals surface area contributed by atoms with Crippen LogP contribution in [0.1, 0.15) is 24.2 Å². The van der Waals surface area contributed by atoms with Gasteiger partial charge in [-0.1, -0.05) is 0 Å². The molecule has 0 spiro atoms. The average Bonchev–Trinajstić information content (AvgIpc) is 2.09. The number of hydrogen-bond donors (Lipinski definition) is 2. The lowest BCUT2D eigenvalue weighted by molar-refractivity contribution is 0.371. The largest absolute Gasteiger partial charge is 0.350 e. The van der Waals surface area contributed by atoms with E-state index in [1.807, 2.05) is 13.8 Å². The molecule has 1 aliphatic carbocycles. The Morgan fingerprint density at radius 3 is 2.50 bits per heavy atom. The van der Waals surface area contributed by atoms with Crippen LogP contribution in [0.3, 0.4) is 0 Å². The number of nitrogens with zero attached hydrogens (tertiary/aromatic N) is 3. The van der Waals surface area contributed by atoms with Gasteiger partial charge in [0.2, 0.25) is 5.95 Å². The summed E-state index contributed by atoms with van der Waals surface area (Å²) < 4.78 is 0. The van der Waals surface area contributed by atoms with Crippen LogP contribution in [0.5, 0.6) is 0 Å². The first-order valence-corrected chi connectivity index (χ1v) is 4.85. The van der Waals surface area contributed by atoms with Gasteiger partial charge < -0.3 is 11.1 Å². The molecule has 0 radical (unpaired) electrons. The Labute approximate surface area is 83.1 Å². The first kappa shape index (κ1) is 9.33. The molecule has 0 aromatic carbocycles. The lowest BCUT2D eigenvalue weighted by atomic mass is 9.88. The predicted molar refractivity (Wildman–Crippen MR) is 53.9 cm³/mol. The van der Waals surface area contributed by atoms with Crippen LogP contribution in [0.15, 0.2) is 0 Å². The number of aryl methyl sites for hydroxylation is 2. The quantitative estimate of drug-likeness (QED) is 0.710. The lowest BCUT2D eigenvalue weighted by Gasteiger charge is -2.32. The summed E-state index contributed by atoms with van der Waals surface area (Å²) in [6.45, 7) is 3.83. The standard InChI is InChI=1S/C9H15N5/c1-5-6(2)13-14-9(11-5)12-8-3-7(10)4-8/h7-8H,3-4,10H2,1-2H3,(H,11,12,14). The van der Waals surface area contributed by atoms with E-state index >= 15 is 0 Å². The highest BCUT2D eigenvalue weighted by Gasteiger charge is 2.26. The number of nitrogens with two attached hydrogens (primary N) is 1. The Hall–Kier alpha value is -1.23. The molecule has 3 N–H and O–H groups in total. The fourth-order valence-corrected chi connectivity index (χ4v) is 1.48. The Bertz CT molecular complexity index is 332. The fourth-order valence-electron chi connectivity index (χ4n) is 1.48. The van der Waals surface area contributed by atoms with E-state index in [0.717, 1.165) is 24.2 Å². The van der Waals surface area contributed by atoms with Crippen molar-refractivity contribution in [2.45, 2.75) is 38.8 Å². The van der Waals surface area contributed by atoms with Crippen molar-refractivity contribution in [3.63, 3.8) is 0 Å². The smallest absolute Gasteiger partial charge is 0.243 e. The van der Waals surface area contributed by atoms with Crippen molar-refractivity contribution in [1.82, 2.24) is 15.2 Å². The molecule has 2 rings (SSSR count). The number of hydrogen-bond acceptors (Lipinski definition) is 5. The van der Waals surface area contributed by atoms with Crippen LogP contribution in [0.4, 0.5) is 5.95 Å². The van der Waals surface area contributed by atoms with E-state index in [0.29, 0.717) is 18.0 Å². The average molecular weight is 193 g/mol. The van der Waals surface area contributed by atoms with Crippen molar-refractivity contribution >= 4 is 5.95 Å². The number of aromatic nitrogens is 3. The van der Waals surface area contributed by atoms with E-state index in [1.54, 1.807) is 0 Å². The first-order chi connectivity index (χ1) is 6.65. The van der Waals surface area contributed by atoms with Crippen LogP contribution in [-0.2, 0) is 0 Å². The van der Waals surface area contributed by atoms with Crippen molar-refractivity contribution in [3.8, 4) is 0 Å². The number of anilines is 1. The van der Waals surface area contributed by atoms with Gasteiger partial charge >= 0.3 is 0 Å². The minimum atomic E-state index is 0.340. The molecule has 0 atom stereocenters. The van der Waals surface area contributed by atoms with Crippen molar-refractivity contribution in [2.75, 3.05) is 5.32 Å². The molecule has 1 aliphatic rings. The third-order valence-corrected chi connectivity index (χ3v) is 2.60. The zero-order valence-corrected chi connectivity index (χ0v) is 8.49. The molecule has 76 valence electrons. The molecule has 5 heteroatoms. The molecule has 0 bridgehead atoms. The molecule has 1 aromatic rings. The number of nitrogens with one attached hydrogen (secondary N) is 1. The summed E-state index contributed by atoms with van der Waals surface area (Å²) in [5.74, 6) is 0.616. The molecule has 1 fully saturated rings. The van der Waals surface area contributed by atoms with E-state index in [1.165, 1.54) is 0 Å². The van der Waals surface area contributed by atoms with Crippen LogP contribution in [0, 0.1) is 13.8 Å². The third-order valence-electron chi connectivity index (χ3n) is 2.60. The molecule has 1 heterocycles. The summed E-state index contributed by atoms with van der Waals surface area (Å²) in [7, 11) is 0. The van der Waals surface area contributed by atoms with Gasteiger partial charge in [-0.25, -0.2) is 4.98 Å². The third kappa shape index (κ3) is 1.82. The van der Waals surface area contributed by atoms with E-state index in [9.17, 15) is 0 Å². The van der Waals surface area contributed by atoms with E-state index < -0.39 is 0 Å². The van der Waals surface area contributed by atoms with E-state index in [-0.39, 0.29) is 0 Å². The Morgan fingerprint density at radius 2 is 1.93 bits per heavy atom. The highest BCUT2D eigenvalue weighted by molar-refractivity contribution is 5.27. The van der Waals surface area contributed by atoms with Crippen molar-refractivity contribution in [3.05, 3.63) is 11.4 Å². The van der Waals surface area contributed by atoms with Crippen molar-refractivity contribution < 1.29 is 0 Å². The van der Waals surface area contributed by atoms with Crippen LogP contribution in [-0.4, -0.2) is 27.3 Å². The van der Waals surface area contributed by atoms with Gasteiger partial charge in [-0.2, -0.15) is 5.10 Å². The van der Waals surface area contributed by atoms with Crippen LogP contribution in [0.25, 0.3) is 0 Å². The summed E-state index contributed by atoms with van der Waals surface area (Å²) in [4.78, 5) is 4.29. The maximum atomic E-state index is 5.68. The van der Waals surface area contributed by atoms with Crippen molar-refractivity contribution in [2.24, 2.45) is 5.73 Å². The Morgan fingerprint density at radius 1 is 1.21 bits per heavy atom.